The number of likely N-dealkylation sites (tertiary alicyclic amines) is 2. The van der Waals surface area contributed by atoms with Gasteiger partial charge in [0.25, 0.3) is 0 Å². The van der Waals surface area contributed by atoms with Crippen molar-refractivity contribution in [1.82, 2.24) is 9.80 Å². The zero-order valence-electron chi connectivity index (χ0n) is 11.8. The zero-order valence-corrected chi connectivity index (χ0v) is 11.8. The average Bonchev–Trinajstić information content (AvgIpc) is 2.92. The van der Waals surface area contributed by atoms with Crippen molar-refractivity contribution in [2.75, 3.05) is 26.2 Å². The SMILES string of the molecule is O=C(O)[C@H]1CCCN(C(=O)N2CCCC2CCCO)C1. The molecule has 0 bridgehead atoms. The van der Waals surface area contributed by atoms with Crippen molar-refractivity contribution in [3.63, 3.8) is 0 Å². The summed E-state index contributed by atoms with van der Waals surface area (Å²) < 4.78 is 0. The van der Waals surface area contributed by atoms with E-state index in [1.54, 1.807) is 4.90 Å². The number of carboxylic acids is 1. The highest BCUT2D eigenvalue weighted by molar-refractivity contribution is 5.77. The minimum absolute atomic E-state index is 0.0172. The van der Waals surface area contributed by atoms with Crippen molar-refractivity contribution in [3.8, 4) is 0 Å². The van der Waals surface area contributed by atoms with Crippen LogP contribution < -0.4 is 0 Å². The first-order valence-corrected chi connectivity index (χ1v) is 7.52. The smallest absolute Gasteiger partial charge is 0.320 e. The highest BCUT2D eigenvalue weighted by Gasteiger charge is 2.34. The summed E-state index contributed by atoms with van der Waals surface area (Å²) in [6, 6.07) is 0.191. The number of carbonyl (C=O) groups is 2. The number of hydrogen-bond acceptors (Lipinski definition) is 3. The third-order valence-electron chi connectivity index (χ3n) is 4.36. The highest BCUT2D eigenvalue weighted by atomic mass is 16.4. The first-order chi connectivity index (χ1) is 9.63. The van der Waals surface area contributed by atoms with Crippen LogP contribution in [0.25, 0.3) is 0 Å². The first-order valence-electron chi connectivity index (χ1n) is 7.52. The maximum atomic E-state index is 12.5. The molecule has 0 aromatic carbocycles. The van der Waals surface area contributed by atoms with Crippen LogP contribution >= 0.6 is 0 Å². The summed E-state index contributed by atoms with van der Waals surface area (Å²) in [5.74, 6) is -1.23. The molecule has 114 valence electrons. The molecule has 2 heterocycles. The van der Waals surface area contributed by atoms with Gasteiger partial charge in [-0.15, -0.1) is 0 Å². The second kappa shape index (κ2) is 6.92. The Kier molecular flexibility index (Phi) is 5.23. The lowest BCUT2D eigenvalue weighted by Gasteiger charge is -2.36. The molecule has 2 amide bonds. The number of carbonyl (C=O) groups excluding carboxylic acids is 1. The van der Waals surface area contributed by atoms with Crippen molar-refractivity contribution < 1.29 is 19.8 Å². The normalized spacial score (nSPS) is 26.9. The summed E-state index contributed by atoms with van der Waals surface area (Å²) in [5, 5.41) is 18.0. The molecule has 2 rings (SSSR count). The van der Waals surface area contributed by atoms with Crippen LogP contribution in [0.15, 0.2) is 0 Å². The van der Waals surface area contributed by atoms with Gasteiger partial charge in [0.2, 0.25) is 0 Å². The van der Waals surface area contributed by atoms with E-state index in [2.05, 4.69) is 0 Å². The van der Waals surface area contributed by atoms with Gasteiger partial charge < -0.3 is 20.0 Å². The summed E-state index contributed by atoms with van der Waals surface area (Å²) in [5.41, 5.74) is 0. The van der Waals surface area contributed by atoms with Gasteiger partial charge in [0.1, 0.15) is 0 Å². The minimum atomic E-state index is -0.805. The Morgan fingerprint density at radius 1 is 1.15 bits per heavy atom. The molecule has 2 fully saturated rings. The highest BCUT2D eigenvalue weighted by Crippen LogP contribution is 2.25. The number of aliphatic hydroxyl groups is 1. The Morgan fingerprint density at radius 2 is 1.90 bits per heavy atom. The molecule has 0 saturated carbocycles. The molecule has 0 aliphatic carbocycles. The van der Waals surface area contributed by atoms with Gasteiger partial charge in [-0.1, -0.05) is 0 Å². The maximum absolute atomic E-state index is 12.5. The quantitative estimate of drug-likeness (QED) is 0.811. The molecule has 0 aromatic rings. The van der Waals surface area contributed by atoms with Crippen molar-refractivity contribution in [2.24, 2.45) is 5.92 Å². The van der Waals surface area contributed by atoms with Crippen LogP contribution in [0.3, 0.4) is 0 Å². The van der Waals surface area contributed by atoms with E-state index in [-0.39, 0.29) is 18.7 Å². The van der Waals surface area contributed by atoms with Gasteiger partial charge in [-0.25, -0.2) is 4.79 Å². The van der Waals surface area contributed by atoms with E-state index in [0.29, 0.717) is 25.9 Å². The van der Waals surface area contributed by atoms with Crippen LogP contribution in [0.1, 0.15) is 38.5 Å². The fraction of sp³-hybridized carbons (Fsp3) is 0.857. The Labute approximate surface area is 119 Å². The summed E-state index contributed by atoms with van der Waals surface area (Å²) in [6.45, 7) is 1.90. The van der Waals surface area contributed by atoms with Crippen LogP contribution in [-0.4, -0.2) is 64.3 Å². The summed E-state index contributed by atoms with van der Waals surface area (Å²) >= 11 is 0. The standard InChI is InChI=1S/C14H24N2O4/c17-9-3-6-12-5-2-8-16(12)14(20)15-7-1-4-11(10-15)13(18)19/h11-12,17H,1-10H2,(H,18,19)/t11-,12?/m0/s1. The van der Waals surface area contributed by atoms with Gasteiger partial charge in [-0.2, -0.15) is 0 Å². The first kappa shape index (κ1) is 15.1. The lowest BCUT2D eigenvalue weighted by atomic mass is 9.98. The monoisotopic (exact) mass is 284 g/mol. The van der Waals surface area contributed by atoms with Gasteiger partial charge in [-0.3, -0.25) is 4.79 Å². The topological polar surface area (TPSA) is 81.1 Å². The molecule has 0 aromatic heterocycles. The van der Waals surface area contributed by atoms with E-state index in [1.165, 1.54) is 0 Å². The van der Waals surface area contributed by atoms with E-state index < -0.39 is 11.9 Å². The molecule has 6 heteroatoms. The van der Waals surface area contributed by atoms with Crippen LogP contribution in [0.5, 0.6) is 0 Å². The third kappa shape index (κ3) is 3.42. The molecule has 2 aliphatic rings. The number of hydrogen-bond donors (Lipinski definition) is 2. The summed E-state index contributed by atoms with van der Waals surface area (Å²) in [7, 11) is 0. The average molecular weight is 284 g/mol. The molecule has 2 saturated heterocycles. The number of piperidine rings is 1. The Bertz CT molecular complexity index is 361. The molecule has 2 N–H and O–H groups in total. The Hall–Kier alpha value is -1.30. The number of aliphatic carboxylic acids is 1. The molecule has 0 spiro atoms. The predicted molar refractivity (Wildman–Crippen MR) is 73.4 cm³/mol. The Balaban J connectivity index is 1.93. The molecule has 6 nitrogen and oxygen atoms in total. The van der Waals surface area contributed by atoms with Crippen molar-refractivity contribution >= 4 is 12.0 Å². The number of nitrogens with zero attached hydrogens (tertiary/aromatic N) is 2. The maximum Gasteiger partial charge on any atom is 0.320 e. The van der Waals surface area contributed by atoms with E-state index in [1.807, 2.05) is 4.90 Å². The van der Waals surface area contributed by atoms with Gasteiger partial charge in [0, 0.05) is 32.3 Å². The lowest BCUT2D eigenvalue weighted by Crippen LogP contribution is -2.50. The van der Waals surface area contributed by atoms with Gasteiger partial charge in [0.05, 0.1) is 5.92 Å². The van der Waals surface area contributed by atoms with Crippen molar-refractivity contribution in [1.29, 1.82) is 0 Å². The number of carboxylic acid groups (broad SMARTS) is 1. The lowest BCUT2D eigenvalue weighted by molar-refractivity contribution is -0.143. The van der Waals surface area contributed by atoms with Gasteiger partial charge in [0.15, 0.2) is 0 Å². The van der Waals surface area contributed by atoms with Gasteiger partial charge >= 0.3 is 12.0 Å². The van der Waals surface area contributed by atoms with Crippen LogP contribution in [0.4, 0.5) is 4.79 Å². The fourth-order valence-corrected chi connectivity index (χ4v) is 3.25. The predicted octanol–water partition coefficient (Wildman–Crippen LogP) is 1.14. The molecule has 0 radical (unpaired) electrons. The van der Waals surface area contributed by atoms with Crippen LogP contribution in [-0.2, 0) is 4.79 Å². The molecule has 20 heavy (non-hydrogen) atoms. The number of urea groups is 1. The van der Waals surface area contributed by atoms with E-state index in [9.17, 15) is 9.59 Å². The largest absolute Gasteiger partial charge is 0.481 e. The second-order valence-electron chi connectivity index (χ2n) is 5.76. The molecule has 1 unspecified atom stereocenters. The molecule has 2 atom stereocenters. The van der Waals surface area contributed by atoms with Crippen molar-refractivity contribution in [3.05, 3.63) is 0 Å². The second-order valence-corrected chi connectivity index (χ2v) is 5.76. The molecular weight excluding hydrogens is 260 g/mol. The fourth-order valence-electron chi connectivity index (χ4n) is 3.25. The van der Waals surface area contributed by atoms with Gasteiger partial charge in [-0.05, 0) is 38.5 Å². The Morgan fingerprint density at radius 3 is 2.60 bits per heavy atom. The van der Waals surface area contributed by atoms with E-state index >= 15 is 0 Å². The van der Waals surface area contributed by atoms with Crippen molar-refractivity contribution in [2.45, 2.75) is 44.6 Å². The van der Waals surface area contributed by atoms with Crippen LogP contribution in [0, 0.1) is 5.92 Å². The molecular formula is C14H24N2O4. The van der Waals surface area contributed by atoms with Crippen LogP contribution in [0.2, 0.25) is 0 Å². The summed E-state index contributed by atoms with van der Waals surface area (Å²) in [6.07, 6.45) is 4.95. The number of aliphatic hydroxyl groups excluding tert-OH is 1. The third-order valence-corrected chi connectivity index (χ3v) is 4.36. The summed E-state index contributed by atoms with van der Waals surface area (Å²) in [4.78, 5) is 27.2. The minimum Gasteiger partial charge on any atom is -0.481 e. The zero-order chi connectivity index (χ0) is 14.5. The van der Waals surface area contributed by atoms with E-state index in [4.69, 9.17) is 10.2 Å². The number of rotatable bonds is 4. The number of amides is 2. The molecule has 2 aliphatic heterocycles. The van der Waals surface area contributed by atoms with E-state index in [0.717, 1.165) is 32.2 Å².